The highest BCUT2D eigenvalue weighted by molar-refractivity contribution is 6.23. The number of hydrogen-bond donors (Lipinski definition) is 1. The van der Waals surface area contributed by atoms with E-state index >= 15 is 4.39 Å². The number of benzene rings is 2. The molecule has 5 aliphatic heterocycles. The number of anilines is 1. The van der Waals surface area contributed by atoms with Crippen LogP contribution in [0.1, 0.15) is 45.5 Å². The third kappa shape index (κ3) is 7.02. The van der Waals surface area contributed by atoms with E-state index in [1.807, 2.05) is 29.3 Å². The Morgan fingerprint density at radius 1 is 0.831 bits per heavy atom. The minimum Gasteiger partial charge on any atom is -0.496 e. The zero-order valence-corrected chi connectivity index (χ0v) is 33.4. The number of amides is 4. The van der Waals surface area contributed by atoms with Crippen molar-refractivity contribution in [1.29, 1.82) is 0 Å². The van der Waals surface area contributed by atoms with Crippen molar-refractivity contribution in [2.45, 2.75) is 37.9 Å². The standard InChI is InChI=1S/C43H47FN8O7/c1-47-23-32(28-6-8-45-18-31(28)41(47)55)26-14-37(58-2)33(38(15-26)59-3)24-48-10-12-50(13-11-48)27-21-49(22-27)19-25-7-9-51(20-25)36-17-30-29(16-34(36)44)42(56)52(43(30)57)35-4-5-39(53)46-40(35)54/h6,8,14-18,23,25,27,35H,4-5,7,9-13,19-22,24H2,1-3H3,(H,46,53,54). The van der Waals surface area contributed by atoms with Crippen molar-refractivity contribution < 1.29 is 33.0 Å². The molecule has 0 radical (unpaired) electrons. The smallest absolute Gasteiger partial charge is 0.262 e. The van der Waals surface area contributed by atoms with Gasteiger partial charge in [-0.15, -0.1) is 0 Å². The largest absolute Gasteiger partial charge is 0.496 e. The van der Waals surface area contributed by atoms with Crippen molar-refractivity contribution >= 4 is 40.1 Å². The normalized spacial score (nSPS) is 22.0. The zero-order valence-electron chi connectivity index (χ0n) is 33.4. The van der Waals surface area contributed by atoms with Crippen LogP contribution in [-0.4, -0.2) is 138 Å². The van der Waals surface area contributed by atoms with Gasteiger partial charge in [0.1, 0.15) is 23.4 Å². The number of methoxy groups -OCH3 is 2. The van der Waals surface area contributed by atoms with Crippen molar-refractivity contribution in [3.63, 3.8) is 0 Å². The molecule has 15 nitrogen and oxygen atoms in total. The summed E-state index contributed by atoms with van der Waals surface area (Å²) >= 11 is 0. The average Bonchev–Trinajstić information content (AvgIpc) is 3.78. The lowest BCUT2D eigenvalue weighted by molar-refractivity contribution is -0.136. The lowest BCUT2D eigenvalue weighted by Crippen LogP contribution is -2.63. The summed E-state index contributed by atoms with van der Waals surface area (Å²) in [6.07, 6.45) is 6.10. The number of nitrogens with zero attached hydrogens (tertiary/aromatic N) is 7. The molecule has 2 aromatic carbocycles. The molecule has 0 spiro atoms. The van der Waals surface area contributed by atoms with Gasteiger partial charge in [0, 0.05) is 109 Å². The van der Waals surface area contributed by atoms with Crippen LogP contribution in [0.3, 0.4) is 0 Å². The first-order chi connectivity index (χ1) is 28.5. The maximum absolute atomic E-state index is 15.5. The molecule has 0 aliphatic carbocycles. The summed E-state index contributed by atoms with van der Waals surface area (Å²) in [5.74, 6) is -1.25. The maximum atomic E-state index is 15.5. The summed E-state index contributed by atoms with van der Waals surface area (Å²) in [7, 11) is 5.08. The molecule has 5 aliphatic rings. The van der Waals surface area contributed by atoms with Crippen LogP contribution in [0.2, 0.25) is 0 Å². The molecule has 1 N–H and O–H groups in total. The Labute approximate surface area is 340 Å². The highest BCUT2D eigenvalue weighted by atomic mass is 19.1. The topological polar surface area (TPSA) is 150 Å². The van der Waals surface area contributed by atoms with Crippen molar-refractivity contribution in [2.75, 3.05) is 78.0 Å². The van der Waals surface area contributed by atoms with Gasteiger partial charge in [-0.05, 0) is 60.0 Å². The molecule has 2 aromatic heterocycles. The summed E-state index contributed by atoms with van der Waals surface area (Å²) in [5.41, 5.74) is 3.00. The predicted molar refractivity (Wildman–Crippen MR) is 216 cm³/mol. The van der Waals surface area contributed by atoms with Gasteiger partial charge in [0.05, 0.1) is 42.0 Å². The first kappa shape index (κ1) is 38.8. The number of fused-ring (bicyclic) bond motifs is 2. The molecule has 2 atom stereocenters. The van der Waals surface area contributed by atoms with Gasteiger partial charge in [0.25, 0.3) is 17.4 Å². The van der Waals surface area contributed by atoms with Crippen LogP contribution >= 0.6 is 0 Å². The second-order valence-corrected chi connectivity index (χ2v) is 16.3. The Hall–Kier alpha value is -5.71. The minimum atomic E-state index is -1.09. The third-order valence-corrected chi connectivity index (χ3v) is 12.8. The first-order valence-electron chi connectivity index (χ1n) is 20.2. The Morgan fingerprint density at radius 2 is 1.54 bits per heavy atom. The molecule has 2 unspecified atom stereocenters. The summed E-state index contributed by atoms with van der Waals surface area (Å²) in [4.78, 5) is 77.8. The fourth-order valence-corrected chi connectivity index (χ4v) is 9.56. The number of carbonyl (C=O) groups is 4. The molecule has 7 heterocycles. The van der Waals surface area contributed by atoms with E-state index in [9.17, 15) is 24.0 Å². The number of likely N-dealkylation sites (tertiary alicyclic amines) is 1. The lowest BCUT2D eigenvalue weighted by atomic mass is 9.98. The molecule has 59 heavy (non-hydrogen) atoms. The van der Waals surface area contributed by atoms with Crippen LogP contribution in [0.15, 0.2) is 53.7 Å². The number of imide groups is 2. The maximum Gasteiger partial charge on any atom is 0.262 e. The Balaban J connectivity index is 0.777. The number of halogens is 1. The van der Waals surface area contributed by atoms with Crippen molar-refractivity contribution in [3.8, 4) is 22.6 Å². The molecule has 0 bridgehead atoms. The fraction of sp³-hybridized carbons (Fsp3) is 0.442. The summed E-state index contributed by atoms with van der Waals surface area (Å²) in [6, 6.07) is 7.86. The van der Waals surface area contributed by atoms with Gasteiger partial charge in [-0.1, -0.05) is 0 Å². The molecule has 4 saturated heterocycles. The highest BCUT2D eigenvalue weighted by Crippen LogP contribution is 2.39. The number of aromatic nitrogens is 2. The predicted octanol–water partition coefficient (Wildman–Crippen LogP) is 2.49. The minimum absolute atomic E-state index is 0.0228. The van der Waals surface area contributed by atoms with E-state index < -0.39 is 35.5 Å². The number of piperidine rings is 1. The number of aryl methyl sites for hydroxylation is 1. The summed E-state index contributed by atoms with van der Waals surface area (Å²) in [6.45, 7) is 8.55. The molecule has 0 saturated carbocycles. The molecule has 4 aromatic rings. The molecule has 308 valence electrons. The third-order valence-electron chi connectivity index (χ3n) is 12.8. The van der Waals surface area contributed by atoms with Crippen LogP contribution < -0.4 is 25.2 Å². The Kier molecular flexibility index (Phi) is 10.2. The van der Waals surface area contributed by atoms with Gasteiger partial charge in [-0.2, -0.15) is 0 Å². The number of pyridine rings is 2. The fourth-order valence-electron chi connectivity index (χ4n) is 9.56. The molecular weight excluding hydrogens is 760 g/mol. The van der Waals surface area contributed by atoms with Crippen LogP contribution in [-0.2, 0) is 23.2 Å². The van der Waals surface area contributed by atoms with E-state index in [1.165, 1.54) is 6.07 Å². The monoisotopic (exact) mass is 806 g/mol. The molecular formula is C43H47FN8O7. The number of ether oxygens (including phenoxy) is 2. The van der Waals surface area contributed by atoms with Crippen LogP contribution in [0.5, 0.6) is 11.5 Å². The van der Waals surface area contributed by atoms with E-state index in [0.717, 1.165) is 96.8 Å². The van der Waals surface area contributed by atoms with Gasteiger partial charge in [0.15, 0.2) is 0 Å². The van der Waals surface area contributed by atoms with Crippen molar-refractivity contribution in [1.82, 2.24) is 34.5 Å². The Morgan fingerprint density at radius 3 is 2.24 bits per heavy atom. The number of piperazine rings is 1. The van der Waals surface area contributed by atoms with E-state index in [1.54, 1.807) is 38.2 Å². The van der Waals surface area contributed by atoms with Gasteiger partial charge in [-0.3, -0.25) is 53.9 Å². The quantitative estimate of drug-likeness (QED) is 0.235. The molecule has 4 fully saturated rings. The Bertz CT molecular complexity index is 2420. The van der Waals surface area contributed by atoms with Crippen LogP contribution in [0, 0.1) is 11.7 Å². The van der Waals surface area contributed by atoms with Gasteiger partial charge >= 0.3 is 0 Å². The molecule has 9 rings (SSSR count). The highest BCUT2D eigenvalue weighted by Gasteiger charge is 2.46. The van der Waals surface area contributed by atoms with Crippen LogP contribution in [0.25, 0.3) is 21.9 Å². The molecule has 4 amide bonds. The number of hydrogen-bond acceptors (Lipinski definition) is 12. The van der Waals surface area contributed by atoms with Crippen LogP contribution in [0.4, 0.5) is 10.1 Å². The van der Waals surface area contributed by atoms with E-state index in [0.29, 0.717) is 42.7 Å². The van der Waals surface area contributed by atoms with Gasteiger partial charge in [-0.25, -0.2) is 4.39 Å². The van der Waals surface area contributed by atoms with Gasteiger partial charge < -0.3 is 18.9 Å². The van der Waals surface area contributed by atoms with Crippen molar-refractivity contribution in [3.05, 3.63) is 81.8 Å². The first-order valence-corrected chi connectivity index (χ1v) is 20.2. The average molecular weight is 807 g/mol. The zero-order chi connectivity index (χ0) is 41.1. The second kappa shape index (κ2) is 15.5. The molecule has 16 heteroatoms. The van der Waals surface area contributed by atoms with E-state index in [4.69, 9.17) is 9.47 Å². The number of carbonyl (C=O) groups excluding carboxylic acids is 4. The summed E-state index contributed by atoms with van der Waals surface area (Å²) < 4.78 is 28.9. The van der Waals surface area contributed by atoms with E-state index in [-0.39, 0.29) is 29.5 Å². The SMILES string of the molecule is COc1cc(-c2cn(C)c(=O)c3cnccc23)cc(OC)c1CN1CCN(C2CN(CC3CCN(c4cc5c(cc4F)C(=O)N(C4CCC(=O)NC4=O)C5=O)C3)C2)CC1. The number of rotatable bonds is 10. The second-order valence-electron chi connectivity index (χ2n) is 16.3. The summed E-state index contributed by atoms with van der Waals surface area (Å²) in [5, 5.41) is 3.57. The number of nitrogens with one attached hydrogen (secondary N) is 1. The van der Waals surface area contributed by atoms with Gasteiger partial charge in [0.2, 0.25) is 11.8 Å². The van der Waals surface area contributed by atoms with Crippen molar-refractivity contribution in [2.24, 2.45) is 13.0 Å². The lowest BCUT2D eigenvalue weighted by Gasteiger charge is -2.49. The van der Waals surface area contributed by atoms with E-state index in [2.05, 4.69) is 25.0 Å².